The Balaban J connectivity index is 1.50. The fourth-order valence-electron chi connectivity index (χ4n) is 3.26. The van der Waals surface area contributed by atoms with Crippen LogP contribution in [0.25, 0.3) is 6.08 Å². The topological polar surface area (TPSA) is 35.5 Å². The van der Waals surface area contributed by atoms with E-state index in [-0.39, 0.29) is 11.2 Å². The number of hydrogen-bond acceptors (Lipinski definition) is 3. The third kappa shape index (κ3) is 4.27. The van der Waals surface area contributed by atoms with E-state index < -0.39 is 0 Å². The average Bonchev–Trinajstić information content (AvgIpc) is 3.02. The summed E-state index contributed by atoms with van der Waals surface area (Å²) in [5.74, 6) is 1.32. The van der Waals surface area contributed by atoms with Crippen molar-refractivity contribution in [3.8, 4) is 11.5 Å². The molecule has 1 aliphatic heterocycles. The van der Waals surface area contributed by atoms with Crippen LogP contribution in [0.3, 0.4) is 0 Å². The summed E-state index contributed by atoms with van der Waals surface area (Å²) in [6.45, 7) is 6.86. The van der Waals surface area contributed by atoms with Gasteiger partial charge < -0.3 is 9.47 Å². The predicted octanol–water partition coefficient (Wildman–Crippen LogP) is 6.83. The van der Waals surface area contributed by atoms with Crippen molar-refractivity contribution in [1.29, 1.82) is 0 Å². The standard InChI is InChI=1S/C26H23ClO3/c1-26(2,3)19-10-8-17(9-11-19)14-24-25(28)21-13-12-20(15-23(21)30-24)29-16-18-6-4-5-7-22(18)27/h4-15H,16H2,1-3H3. The van der Waals surface area contributed by atoms with Crippen LogP contribution in [0.4, 0.5) is 0 Å². The minimum absolute atomic E-state index is 0.0853. The molecule has 0 spiro atoms. The second-order valence-electron chi connectivity index (χ2n) is 8.35. The SMILES string of the molecule is CC(C)(C)c1ccc(C=C2Oc3cc(OCc4ccccc4Cl)ccc3C2=O)cc1. The van der Waals surface area contributed by atoms with Gasteiger partial charge in [0.1, 0.15) is 18.1 Å². The van der Waals surface area contributed by atoms with Crippen LogP contribution in [0.2, 0.25) is 5.02 Å². The monoisotopic (exact) mass is 418 g/mol. The van der Waals surface area contributed by atoms with Gasteiger partial charge in [0.15, 0.2) is 5.76 Å². The summed E-state index contributed by atoms with van der Waals surface area (Å²) in [6.07, 6.45) is 1.78. The van der Waals surface area contributed by atoms with Crippen LogP contribution >= 0.6 is 11.6 Å². The number of halogens is 1. The van der Waals surface area contributed by atoms with Crippen LogP contribution in [0.15, 0.2) is 72.5 Å². The van der Waals surface area contributed by atoms with E-state index in [1.165, 1.54) is 5.56 Å². The summed E-state index contributed by atoms with van der Waals surface area (Å²) >= 11 is 6.18. The summed E-state index contributed by atoms with van der Waals surface area (Å²) < 4.78 is 11.7. The molecule has 3 nitrogen and oxygen atoms in total. The first-order valence-electron chi connectivity index (χ1n) is 9.86. The Morgan fingerprint density at radius 2 is 1.73 bits per heavy atom. The van der Waals surface area contributed by atoms with Gasteiger partial charge in [-0.25, -0.2) is 0 Å². The quantitative estimate of drug-likeness (QED) is 0.435. The largest absolute Gasteiger partial charge is 0.489 e. The molecule has 4 rings (SSSR count). The van der Waals surface area contributed by atoms with Crippen molar-refractivity contribution >= 4 is 23.5 Å². The average molecular weight is 419 g/mol. The summed E-state index contributed by atoms with van der Waals surface area (Å²) in [5.41, 5.74) is 3.69. The van der Waals surface area contributed by atoms with E-state index in [0.717, 1.165) is 11.1 Å². The summed E-state index contributed by atoms with van der Waals surface area (Å²) in [4.78, 5) is 12.7. The van der Waals surface area contributed by atoms with Gasteiger partial charge in [0, 0.05) is 16.7 Å². The molecule has 0 radical (unpaired) electrons. The molecule has 0 atom stereocenters. The minimum atomic E-state index is -0.123. The molecule has 0 fully saturated rings. The molecule has 0 amide bonds. The second kappa shape index (κ2) is 8.00. The van der Waals surface area contributed by atoms with Crippen LogP contribution in [0.1, 0.15) is 47.8 Å². The van der Waals surface area contributed by atoms with E-state index >= 15 is 0 Å². The lowest BCUT2D eigenvalue weighted by atomic mass is 9.86. The van der Waals surface area contributed by atoms with Crippen molar-refractivity contribution in [2.24, 2.45) is 0 Å². The number of Topliss-reactive ketones (excluding diaryl/α,β-unsaturated/α-hetero) is 1. The van der Waals surface area contributed by atoms with Crippen LogP contribution in [-0.4, -0.2) is 5.78 Å². The van der Waals surface area contributed by atoms with Gasteiger partial charge in [0.25, 0.3) is 0 Å². The molecule has 0 saturated carbocycles. The van der Waals surface area contributed by atoms with E-state index in [1.54, 1.807) is 24.3 Å². The normalized spacial score (nSPS) is 14.5. The molecule has 0 N–H and O–H groups in total. The summed E-state index contributed by atoms with van der Waals surface area (Å²) in [6, 6.07) is 21.0. The molecule has 4 heteroatoms. The van der Waals surface area contributed by atoms with E-state index in [1.807, 2.05) is 36.4 Å². The maximum atomic E-state index is 12.7. The molecule has 1 aliphatic rings. The van der Waals surface area contributed by atoms with Gasteiger partial charge in [-0.05, 0) is 40.8 Å². The predicted molar refractivity (Wildman–Crippen MR) is 120 cm³/mol. The van der Waals surface area contributed by atoms with Gasteiger partial charge in [0.2, 0.25) is 5.78 Å². The van der Waals surface area contributed by atoms with Gasteiger partial charge in [-0.15, -0.1) is 0 Å². The molecule has 30 heavy (non-hydrogen) atoms. The van der Waals surface area contributed by atoms with Crippen LogP contribution in [-0.2, 0) is 12.0 Å². The number of rotatable bonds is 4. The number of hydrogen-bond donors (Lipinski definition) is 0. The van der Waals surface area contributed by atoms with Crippen molar-refractivity contribution < 1.29 is 14.3 Å². The lowest BCUT2D eigenvalue weighted by Crippen LogP contribution is -2.10. The number of fused-ring (bicyclic) bond motifs is 1. The fraction of sp³-hybridized carbons (Fsp3) is 0.192. The lowest BCUT2D eigenvalue weighted by molar-refractivity contribution is 0.101. The maximum absolute atomic E-state index is 12.7. The number of allylic oxidation sites excluding steroid dienone is 1. The maximum Gasteiger partial charge on any atom is 0.231 e. The zero-order chi connectivity index (χ0) is 21.3. The van der Waals surface area contributed by atoms with Crippen LogP contribution in [0.5, 0.6) is 11.5 Å². The first-order valence-corrected chi connectivity index (χ1v) is 10.2. The van der Waals surface area contributed by atoms with Gasteiger partial charge in [-0.2, -0.15) is 0 Å². The molecule has 0 unspecified atom stereocenters. The number of carbonyl (C=O) groups excluding carboxylic acids is 1. The van der Waals surface area contributed by atoms with Crippen LogP contribution in [0, 0.1) is 0 Å². The Kier molecular flexibility index (Phi) is 5.40. The Bertz CT molecular complexity index is 1120. The zero-order valence-electron chi connectivity index (χ0n) is 17.2. The van der Waals surface area contributed by atoms with Crippen molar-refractivity contribution in [1.82, 2.24) is 0 Å². The molecule has 1 heterocycles. The smallest absolute Gasteiger partial charge is 0.231 e. The molecule has 3 aromatic carbocycles. The Morgan fingerprint density at radius 1 is 1.00 bits per heavy atom. The minimum Gasteiger partial charge on any atom is -0.489 e. The highest BCUT2D eigenvalue weighted by Crippen LogP contribution is 2.35. The Morgan fingerprint density at radius 3 is 2.43 bits per heavy atom. The first-order chi connectivity index (χ1) is 14.3. The fourth-order valence-corrected chi connectivity index (χ4v) is 3.45. The van der Waals surface area contributed by atoms with Gasteiger partial charge in [-0.3, -0.25) is 4.79 Å². The van der Waals surface area contributed by atoms with Crippen molar-refractivity contribution in [3.05, 3.63) is 99.8 Å². The van der Waals surface area contributed by atoms with Crippen molar-refractivity contribution in [2.45, 2.75) is 32.8 Å². The molecule has 0 aromatic heterocycles. The zero-order valence-corrected chi connectivity index (χ0v) is 18.0. The highest BCUT2D eigenvalue weighted by Gasteiger charge is 2.27. The van der Waals surface area contributed by atoms with Gasteiger partial charge >= 0.3 is 0 Å². The van der Waals surface area contributed by atoms with Crippen molar-refractivity contribution in [2.75, 3.05) is 0 Å². The summed E-state index contributed by atoms with van der Waals surface area (Å²) in [5, 5.41) is 0.660. The van der Waals surface area contributed by atoms with Gasteiger partial charge in [0.05, 0.1) is 5.56 Å². The third-order valence-electron chi connectivity index (χ3n) is 5.07. The molecule has 0 aliphatic carbocycles. The van der Waals surface area contributed by atoms with E-state index in [9.17, 15) is 4.79 Å². The molecular formula is C26H23ClO3. The molecule has 152 valence electrons. The Labute approximate surface area is 181 Å². The van der Waals surface area contributed by atoms with Crippen molar-refractivity contribution in [3.63, 3.8) is 0 Å². The lowest BCUT2D eigenvalue weighted by Gasteiger charge is -2.18. The summed E-state index contributed by atoms with van der Waals surface area (Å²) in [7, 11) is 0. The van der Waals surface area contributed by atoms with E-state index in [2.05, 4.69) is 32.9 Å². The van der Waals surface area contributed by atoms with E-state index in [0.29, 0.717) is 34.5 Å². The van der Waals surface area contributed by atoms with E-state index in [4.69, 9.17) is 21.1 Å². The number of benzene rings is 3. The number of ether oxygens (including phenoxy) is 2. The second-order valence-corrected chi connectivity index (χ2v) is 8.76. The molecule has 3 aromatic rings. The number of ketones is 1. The molecule has 0 saturated heterocycles. The van der Waals surface area contributed by atoms with Gasteiger partial charge in [-0.1, -0.05) is 74.8 Å². The molecular weight excluding hydrogens is 396 g/mol. The Hall–Kier alpha value is -3.04. The number of carbonyl (C=O) groups is 1. The first kappa shape index (κ1) is 20.2. The molecule has 0 bridgehead atoms. The highest BCUT2D eigenvalue weighted by molar-refractivity contribution is 6.31. The third-order valence-corrected chi connectivity index (χ3v) is 5.44. The van der Waals surface area contributed by atoms with Crippen LogP contribution < -0.4 is 9.47 Å². The highest BCUT2D eigenvalue weighted by atomic mass is 35.5.